The second-order valence-corrected chi connectivity index (χ2v) is 25.2. The molecule has 0 aromatic heterocycles. The van der Waals surface area contributed by atoms with E-state index in [0.29, 0.717) is 27.7 Å². The van der Waals surface area contributed by atoms with Crippen molar-refractivity contribution >= 4 is 23.9 Å². The van der Waals surface area contributed by atoms with E-state index in [2.05, 4.69) is 0 Å². The van der Waals surface area contributed by atoms with E-state index in [0.717, 1.165) is 42.7 Å². The van der Waals surface area contributed by atoms with Crippen LogP contribution in [0.2, 0.25) is 0 Å². The van der Waals surface area contributed by atoms with Crippen LogP contribution in [0, 0.1) is 70.7 Å². The molecule has 20 atom stereocenters. The Hall–Kier alpha value is -7.16. The molecule has 8 heterocycles. The number of methoxy groups -OCH3 is 8. The number of nitrogens with two attached hydrogens (primary N) is 4. The lowest BCUT2D eigenvalue weighted by Crippen LogP contribution is -2.51. The molecule has 12 rings (SSSR count). The average molecular weight is 1770 g/mol. The molecule has 0 radical (unpaired) electrons. The number of carbonyl (C=O) groups excluding carboxylic acids is 4. The van der Waals surface area contributed by atoms with Crippen molar-refractivity contribution in [2.75, 3.05) is 109 Å². The third-order valence-corrected chi connectivity index (χ3v) is 16.9. The second-order valence-electron chi connectivity index (χ2n) is 25.2. The highest BCUT2D eigenvalue weighted by Crippen LogP contribution is 2.50. The summed E-state index contributed by atoms with van der Waals surface area (Å²) >= 11 is 0. The largest absolute Gasteiger partial charge is 0.493 e. The summed E-state index contributed by atoms with van der Waals surface area (Å²) in [5.41, 5.74) is 16.6. The van der Waals surface area contributed by atoms with Crippen LogP contribution in [0.25, 0.3) is 0 Å². The minimum absolute atomic E-state index is 0.0145. The molecule has 0 amide bonds. The second kappa shape index (κ2) is 43.9. The van der Waals surface area contributed by atoms with Gasteiger partial charge in [0.15, 0.2) is 46.0 Å². The predicted octanol–water partition coefficient (Wildman–Crippen LogP) is 14.3. The van der Waals surface area contributed by atoms with Gasteiger partial charge in [-0.25, -0.2) is 0 Å². The SMILES string of the molecule is [2H]c1c2c(c([2H])c(OC)c1OC([2H])([2H])[2H])C1([2H])N(CC2)C([2H])([2H])C([2H])(C([2H])([2H])C([2H])(C)C([2H])([2H])[2H])C(OC(=O)[C@@]([2H])(N)C([2H])(C([2H])([2H])[2H])C([2H])([2H])[2H])C1([2H])[2H].[2H]c1c2c(c([2H])c(OC)c1OC([2H])([2H])[2H])C1([2H])N(CC2)C([2H])([2H])C([2H])(C([2H])([2H])C([2H])(C)C([2H])([2H])[2H])C([2H])(OC(=O)[C@@]([2H])(N)C([2H])(C([2H])([2H])[2H])C([2H])([2H])[2H])C1([2H])[2H].[2H]c1c2c(c([2H])c(OC)c1OC)C1([2H])N(CC2)C([2H])([2H])C([2H])(C([2H])([2H])C([2H])(C)C([2H])([2H])[2H])C(OC(=O)[C@@]([2H])(N)C([2H])(C([2H])([2H])[2H])C([2H])([2H])[2H])C1([2H])[2H].[2H]c1c2c(c([2H])c(OC)c1OC)C1([2H])N(CC2)C([2H])([2H])C([2H])(C([2H])([2H])C([2H])(C)C([2H])([2H])[2H])C([2H])(OC(=O)[C@@]([2H])(N)C([2H])(C([2H])([2H])[2H])C([2H])([2H])[2H])C1([2H])[2H]. The van der Waals surface area contributed by atoms with Crippen LogP contribution in [0.1, 0.15) is 361 Å². The highest BCUT2D eigenvalue weighted by molar-refractivity contribution is 5.77. The fourth-order valence-corrected chi connectivity index (χ4v) is 11.5. The number of piperidine rings is 4. The van der Waals surface area contributed by atoms with Crippen molar-refractivity contribution < 1.29 is 208 Å². The van der Waals surface area contributed by atoms with Crippen LogP contribution in [0.5, 0.6) is 46.0 Å². The van der Waals surface area contributed by atoms with Gasteiger partial charge in [-0.15, -0.1) is 0 Å². The van der Waals surface area contributed by atoms with Crippen LogP contribution in [0.3, 0.4) is 0 Å². The molecule has 8 aliphatic heterocycles. The number of carbonyl (C=O) groups is 4. The molecule has 0 bridgehead atoms. The van der Waals surface area contributed by atoms with Gasteiger partial charge in [0.1, 0.15) is 48.4 Å². The van der Waals surface area contributed by atoms with Crippen LogP contribution < -0.4 is 60.8 Å². The van der Waals surface area contributed by atoms with Gasteiger partial charge in [0.05, 0.1) is 89.6 Å². The van der Waals surface area contributed by atoms with E-state index in [4.69, 9.17) is 176 Å². The van der Waals surface area contributed by atoms with Gasteiger partial charge in [-0.05, 0) is 191 Å². The van der Waals surface area contributed by atoms with Crippen LogP contribution in [0.4, 0.5) is 0 Å². The maximum Gasteiger partial charge on any atom is 0.323 e. The molecule has 0 aliphatic carbocycles. The number of ether oxygens (including phenoxy) is 12. The molecular weight excluding hydrogens is 1520 g/mol. The zero-order valence-electron chi connectivity index (χ0n) is 161. The van der Waals surface area contributed by atoms with E-state index in [1.165, 1.54) is 0 Å². The van der Waals surface area contributed by atoms with Gasteiger partial charge in [0, 0.05) is 224 Å². The molecule has 0 saturated carbocycles. The number of hydrogen-bond donors (Lipinski definition) is 4. The molecule has 4 saturated heterocycles. The number of hydrogen-bond acceptors (Lipinski definition) is 24. The van der Waals surface area contributed by atoms with Crippen LogP contribution in [-0.2, 0) is 63.8 Å². The number of nitrogens with zero attached hydrogens (tertiary/aromatic N) is 4. The first-order valence-corrected chi connectivity index (χ1v) is 34.8. The fourth-order valence-electron chi connectivity index (χ4n) is 11.5. The first kappa shape index (κ1) is 30.0. The van der Waals surface area contributed by atoms with E-state index < -0.39 is 520 Å². The van der Waals surface area contributed by atoms with Crippen molar-refractivity contribution in [2.24, 2.45) is 93.7 Å². The lowest BCUT2D eigenvalue weighted by atomic mass is 9.79. The maximum atomic E-state index is 14.0. The summed E-state index contributed by atoms with van der Waals surface area (Å²) in [6.07, 6.45) is -53.9. The van der Waals surface area contributed by atoms with Gasteiger partial charge >= 0.3 is 23.9 Å². The summed E-state index contributed by atoms with van der Waals surface area (Å²) in [5, 5.41) is 0. The van der Waals surface area contributed by atoms with Crippen molar-refractivity contribution in [1.29, 1.82) is 0 Å². The molecule has 16 unspecified atom stereocenters. The first-order chi connectivity index (χ1) is 94.3. The Kier molecular flexibility index (Phi) is 11.0. The molecule has 0 spiro atoms. The predicted molar refractivity (Wildman–Crippen MR) is 471 cm³/mol. The standard InChI is InChI=1S/4C24H38N2O4/c4*1-14(2)9-17-13-26-8-7-16-10-21(28-5)22(29-6)11-18(16)19(26)12-20(17)30-24(27)23(25)15(3)4/h4*10-11,14-15,17,19-20,23H,7-9,12-13,25H2,1-6H3/t4*17?,19?,20?,23-/m0000/s1/i1D3,3D3,4D3,5D3,9D2,10D,11D,12D2,13D2,14D,15D,17D,19D,20D,23D;1D3,3D3,4D3,9D2,10D,11D,12D2,13D2,14D,15D,17D,19D,20D,23D;1D3,3D3,4D3,5D3,9D2,10D,11D,12D2,13D2,14D,15D,17D,19D,23D;1D3,3D3,4D3,9D2,10D,11D,12D2,13D2,14D,15D,17D,19D,23D/t4*14?,17?,19?,20?,23-. The summed E-state index contributed by atoms with van der Waals surface area (Å²) in [7, 11) is -0.737. The number of esters is 4. The van der Waals surface area contributed by atoms with Crippen LogP contribution >= 0.6 is 0 Å². The fraction of sp³-hybridized carbons (Fsp3) is 0.708. The highest BCUT2D eigenvalue weighted by atomic mass is 16.6. The van der Waals surface area contributed by atoms with E-state index >= 15 is 0 Å². The van der Waals surface area contributed by atoms with Gasteiger partial charge in [0.2, 0.25) is 0 Å². The Balaban J connectivity index is 0.000000310. The maximum absolute atomic E-state index is 14.0. The quantitative estimate of drug-likeness (QED) is 0.0303. The molecule has 8 N–H and O–H groups in total. The van der Waals surface area contributed by atoms with Crippen molar-refractivity contribution in [3.63, 3.8) is 0 Å². The van der Waals surface area contributed by atoms with Gasteiger partial charge in [-0.3, -0.25) is 38.8 Å². The Bertz CT molecular complexity index is 8590. The van der Waals surface area contributed by atoms with Gasteiger partial charge in [-0.2, -0.15) is 0 Å². The summed E-state index contributed by atoms with van der Waals surface area (Å²) in [4.78, 5) is 56.2. The third-order valence-electron chi connectivity index (χ3n) is 16.9. The van der Waals surface area contributed by atoms with Gasteiger partial charge < -0.3 is 79.8 Å². The van der Waals surface area contributed by atoms with Crippen LogP contribution in [0.15, 0.2) is 48.3 Å². The minimum Gasteiger partial charge on any atom is -0.493 e. The normalized spacial score (nSPS) is 51.4. The van der Waals surface area contributed by atoms with Gasteiger partial charge in [0.25, 0.3) is 0 Å². The number of rotatable bonds is 28. The summed E-state index contributed by atoms with van der Waals surface area (Å²) in [6.45, 7) is -67.5. The molecule has 120 heavy (non-hydrogen) atoms. The van der Waals surface area contributed by atoms with Crippen LogP contribution in [-0.4, -0.2) is 201 Å². The van der Waals surface area contributed by atoms with E-state index in [-0.39, 0.29) is 30.9 Å². The Morgan fingerprint density at radius 1 is 0.375 bits per heavy atom. The van der Waals surface area contributed by atoms with Crippen molar-refractivity contribution in [3.05, 3.63) is 92.8 Å². The Morgan fingerprint density at radius 2 is 0.608 bits per heavy atom. The number of fused-ring (bicyclic) bond motifs is 12. The molecule has 8 aliphatic rings. The monoisotopic (exact) mass is 1770 g/mol. The highest BCUT2D eigenvalue weighted by Gasteiger charge is 2.47. The van der Waals surface area contributed by atoms with Crippen molar-refractivity contribution in [2.45, 2.75) is 259 Å². The lowest BCUT2D eigenvalue weighted by molar-refractivity contribution is -0.161. The van der Waals surface area contributed by atoms with Crippen molar-refractivity contribution in [1.82, 2.24) is 19.6 Å². The molecule has 672 valence electrons. The first-order valence-electron chi connectivity index (χ1n) is 82.8. The summed E-state index contributed by atoms with van der Waals surface area (Å²) in [5.74, 6) is -67.0. The molecule has 24 heteroatoms. The summed E-state index contributed by atoms with van der Waals surface area (Å²) in [6, 6.07) is -39.6. The zero-order valence-corrected chi connectivity index (χ0v) is 65.4. The smallest absolute Gasteiger partial charge is 0.323 e. The number of benzene rings is 4. The molecule has 4 aromatic rings. The minimum atomic E-state index is -4.93. The molecule has 4 fully saturated rings. The molecule has 4 aromatic carbocycles. The molecule has 24 nitrogen and oxygen atoms in total. The van der Waals surface area contributed by atoms with E-state index in [1.807, 2.05) is 0 Å². The Morgan fingerprint density at radius 3 is 0.858 bits per heavy atom. The Labute approximate surface area is 853 Å². The zero-order chi connectivity index (χ0) is 172. The summed E-state index contributed by atoms with van der Waals surface area (Å²) < 4.78 is 871. The average Bonchev–Trinajstić information content (AvgIpc) is 0.650. The van der Waals surface area contributed by atoms with E-state index in [9.17, 15) is 54.8 Å². The topological polar surface area (TPSA) is 296 Å². The van der Waals surface area contributed by atoms with Gasteiger partial charge in [-0.1, -0.05) is 110 Å². The van der Waals surface area contributed by atoms with E-state index in [1.54, 1.807) is 0 Å². The molecular formula is C96H152N8O16. The third kappa shape index (κ3) is 23.8. The van der Waals surface area contributed by atoms with Crippen molar-refractivity contribution in [3.8, 4) is 46.0 Å². The lowest BCUT2D eigenvalue weighted by Gasteiger charge is -2.47.